The number of hydrogen-bond donors (Lipinski definition) is 1. The van der Waals surface area contributed by atoms with Crippen LogP contribution in [0.3, 0.4) is 0 Å². The van der Waals surface area contributed by atoms with Crippen LogP contribution in [0.5, 0.6) is 5.75 Å². The minimum absolute atomic E-state index is 0.00729. The van der Waals surface area contributed by atoms with E-state index in [-0.39, 0.29) is 24.2 Å². The lowest BCUT2D eigenvalue weighted by atomic mass is 10.1. The summed E-state index contributed by atoms with van der Waals surface area (Å²) in [6.45, 7) is 1.85. The molecule has 1 heterocycles. The molecular formula is C22H27N3O3. The van der Waals surface area contributed by atoms with E-state index in [2.05, 4.69) is 0 Å². The van der Waals surface area contributed by atoms with Gasteiger partial charge >= 0.3 is 0 Å². The van der Waals surface area contributed by atoms with Gasteiger partial charge in [-0.05, 0) is 24.1 Å². The van der Waals surface area contributed by atoms with Crippen LogP contribution in [-0.4, -0.2) is 50.0 Å². The van der Waals surface area contributed by atoms with Crippen LogP contribution in [0, 0.1) is 5.92 Å². The van der Waals surface area contributed by atoms with Gasteiger partial charge in [-0.1, -0.05) is 42.5 Å². The fraction of sp³-hybridized carbons (Fsp3) is 0.364. The second-order valence-corrected chi connectivity index (χ2v) is 6.93. The normalized spacial score (nSPS) is 16.3. The summed E-state index contributed by atoms with van der Waals surface area (Å²) in [5.41, 5.74) is 7.62. The first-order chi connectivity index (χ1) is 13.6. The first-order valence-corrected chi connectivity index (χ1v) is 9.60. The first kappa shape index (κ1) is 19.9. The molecule has 6 nitrogen and oxygen atoms in total. The first-order valence-electron chi connectivity index (χ1n) is 9.60. The summed E-state index contributed by atoms with van der Waals surface area (Å²) < 4.78 is 5.37. The Bertz CT molecular complexity index is 810. The Morgan fingerprint density at radius 3 is 2.57 bits per heavy atom. The summed E-state index contributed by atoms with van der Waals surface area (Å²) in [6.07, 6.45) is 0.979. The molecule has 148 valence electrons. The van der Waals surface area contributed by atoms with Crippen molar-refractivity contribution < 1.29 is 14.3 Å². The minimum atomic E-state index is -0.361. The van der Waals surface area contributed by atoms with Crippen LogP contribution in [0.4, 0.5) is 5.69 Å². The minimum Gasteiger partial charge on any atom is -0.495 e. The van der Waals surface area contributed by atoms with Gasteiger partial charge in [0.15, 0.2) is 0 Å². The van der Waals surface area contributed by atoms with E-state index in [0.717, 1.165) is 6.42 Å². The average molecular weight is 381 g/mol. The Kier molecular flexibility index (Phi) is 6.66. The van der Waals surface area contributed by atoms with Crippen LogP contribution < -0.4 is 15.4 Å². The summed E-state index contributed by atoms with van der Waals surface area (Å²) in [5.74, 6) is 0.206. The quantitative estimate of drug-likeness (QED) is 0.760. The molecule has 1 unspecified atom stereocenters. The van der Waals surface area contributed by atoms with Gasteiger partial charge in [0.1, 0.15) is 5.75 Å². The SMILES string of the molecule is COc1ccccc1N1CC(C(=O)N(CCN)CCc2ccccc2)CC1=O. The van der Waals surface area contributed by atoms with Crippen LogP contribution in [0.1, 0.15) is 12.0 Å². The van der Waals surface area contributed by atoms with Crippen LogP contribution >= 0.6 is 0 Å². The van der Waals surface area contributed by atoms with Crippen molar-refractivity contribution in [3.63, 3.8) is 0 Å². The molecule has 1 atom stereocenters. The highest BCUT2D eigenvalue weighted by Crippen LogP contribution is 2.33. The van der Waals surface area contributed by atoms with E-state index in [9.17, 15) is 9.59 Å². The molecule has 2 aromatic carbocycles. The Balaban J connectivity index is 1.69. The maximum atomic E-state index is 13.1. The fourth-order valence-corrected chi connectivity index (χ4v) is 3.61. The highest BCUT2D eigenvalue weighted by molar-refractivity contribution is 6.01. The number of hydrogen-bond acceptors (Lipinski definition) is 4. The van der Waals surface area contributed by atoms with Gasteiger partial charge in [0.05, 0.1) is 18.7 Å². The Morgan fingerprint density at radius 1 is 1.14 bits per heavy atom. The molecule has 1 aliphatic rings. The maximum absolute atomic E-state index is 13.1. The van der Waals surface area contributed by atoms with Crippen molar-refractivity contribution in [1.82, 2.24) is 4.90 Å². The van der Waals surface area contributed by atoms with Crippen molar-refractivity contribution in [3.8, 4) is 5.75 Å². The molecule has 28 heavy (non-hydrogen) atoms. The predicted octanol–water partition coefficient (Wildman–Crippen LogP) is 2.08. The summed E-state index contributed by atoms with van der Waals surface area (Å²) in [4.78, 5) is 29.1. The Labute approximate surface area is 165 Å². The zero-order chi connectivity index (χ0) is 19.9. The number of nitrogens with zero attached hydrogens (tertiary/aromatic N) is 2. The third-order valence-electron chi connectivity index (χ3n) is 5.07. The molecule has 0 radical (unpaired) electrons. The second-order valence-electron chi connectivity index (χ2n) is 6.93. The monoisotopic (exact) mass is 381 g/mol. The molecule has 2 amide bonds. The average Bonchev–Trinajstić information content (AvgIpc) is 3.12. The molecule has 1 fully saturated rings. The largest absolute Gasteiger partial charge is 0.495 e. The number of ether oxygens (including phenoxy) is 1. The Morgan fingerprint density at radius 2 is 1.86 bits per heavy atom. The fourth-order valence-electron chi connectivity index (χ4n) is 3.61. The summed E-state index contributed by atoms with van der Waals surface area (Å²) >= 11 is 0. The number of anilines is 1. The zero-order valence-corrected chi connectivity index (χ0v) is 16.2. The highest BCUT2D eigenvalue weighted by Gasteiger charge is 2.37. The van der Waals surface area contributed by atoms with Crippen molar-refractivity contribution in [1.29, 1.82) is 0 Å². The molecule has 1 saturated heterocycles. The van der Waals surface area contributed by atoms with E-state index in [4.69, 9.17) is 10.5 Å². The topological polar surface area (TPSA) is 75.9 Å². The van der Waals surface area contributed by atoms with Crippen molar-refractivity contribution in [2.24, 2.45) is 11.7 Å². The van der Waals surface area contributed by atoms with E-state index in [1.165, 1.54) is 5.56 Å². The van der Waals surface area contributed by atoms with Crippen LogP contribution in [-0.2, 0) is 16.0 Å². The second kappa shape index (κ2) is 9.37. The molecule has 0 saturated carbocycles. The van der Waals surface area contributed by atoms with E-state index in [0.29, 0.717) is 37.6 Å². The van der Waals surface area contributed by atoms with E-state index >= 15 is 0 Å². The number of rotatable bonds is 8. The van der Waals surface area contributed by atoms with Gasteiger partial charge in [-0.25, -0.2) is 0 Å². The number of benzene rings is 2. The zero-order valence-electron chi connectivity index (χ0n) is 16.2. The summed E-state index contributed by atoms with van der Waals surface area (Å²) in [5, 5.41) is 0. The van der Waals surface area contributed by atoms with Crippen molar-refractivity contribution in [2.75, 3.05) is 38.2 Å². The highest BCUT2D eigenvalue weighted by atomic mass is 16.5. The van der Waals surface area contributed by atoms with E-state index in [1.807, 2.05) is 54.6 Å². The Hall–Kier alpha value is -2.86. The number of para-hydroxylation sites is 2. The number of nitrogens with two attached hydrogens (primary N) is 1. The molecule has 2 N–H and O–H groups in total. The third-order valence-corrected chi connectivity index (χ3v) is 5.07. The van der Waals surface area contributed by atoms with Gasteiger partial charge < -0.3 is 20.3 Å². The van der Waals surface area contributed by atoms with Gasteiger partial charge in [0, 0.05) is 32.6 Å². The summed E-state index contributed by atoms with van der Waals surface area (Å²) in [6, 6.07) is 17.4. The number of amides is 2. The lowest BCUT2D eigenvalue weighted by Gasteiger charge is -2.25. The molecule has 3 rings (SSSR count). The molecular weight excluding hydrogens is 354 g/mol. The molecule has 2 aromatic rings. The third kappa shape index (κ3) is 4.51. The van der Waals surface area contributed by atoms with Gasteiger partial charge in [-0.15, -0.1) is 0 Å². The van der Waals surface area contributed by atoms with Gasteiger partial charge in [0.2, 0.25) is 11.8 Å². The predicted molar refractivity (Wildman–Crippen MR) is 109 cm³/mol. The molecule has 6 heteroatoms. The smallest absolute Gasteiger partial charge is 0.228 e. The number of carbonyl (C=O) groups excluding carboxylic acids is 2. The van der Waals surface area contributed by atoms with Crippen LogP contribution in [0.25, 0.3) is 0 Å². The molecule has 0 aliphatic carbocycles. The maximum Gasteiger partial charge on any atom is 0.228 e. The van der Waals surface area contributed by atoms with E-state index in [1.54, 1.807) is 16.9 Å². The molecule has 1 aliphatic heterocycles. The van der Waals surface area contributed by atoms with Gasteiger partial charge in [-0.2, -0.15) is 0 Å². The van der Waals surface area contributed by atoms with Crippen LogP contribution in [0.15, 0.2) is 54.6 Å². The standard InChI is InChI=1S/C22H27N3O3/c1-28-20-10-6-5-9-19(20)25-16-18(15-21(25)26)22(27)24(14-12-23)13-11-17-7-3-2-4-8-17/h2-10,18H,11-16,23H2,1H3. The lowest BCUT2D eigenvalue weighted by Crippen LogP contribution is -2.41. The number of methoxy groups -OCH3 is 1. The summed E-state index contributed by atoms with van der Waals surface area (Å²) in [7, 11) is 1.58. The molecule has 0 spiro atoms. The van der Waals surface area contributed by atoms with Crippen LogP contribution in [0.2, 0.25) is 0 Å². The molecule has 0 aromatic heterocycles. The lowest BCUT2D eigenvalue weighted by molar-refractivity contribution is -0.135. The van der Waals surface area contributed by atoms with Gasteiger partial charge in [0.25, 0.3) is 0 Å². The number of carbonyl (C=O) groups is 2. The molecule has 0 bridgehead atoms. The van der Waals surface area contributed by atoms with Crippen molar-refractivity contribution in [3.05, 3.63) is 60.2 Å². The van der Waals surface area contributed by atoms with Crippen molar-refractivity contribution in [2.45, 2.75) is 12.8 Å². The van der Waals surface area contributed by atoms with Crippen molar-refractivity contribution >= 4 is 17.5 Å². The van der Waals surface area contributed by atoms with Gasteiger partial charge in [-0.3, -0.25) is 9.59 Å². The van der Waals surface area contributed by atoms with E-state index < -0.39 is 0 Å².